The molecule has 13 nitrogen and oxygen atoms in total. The number of aromatic nitrogens is 6. The van der Waals surface area contributed by atoms with Crippen molar-refractivity contribution in [3.63, 3.8) is 0 Å². The molecule has 1 N–H and O–H groups in total. The number of aryl methyl sites for hydroxylation is 2. The zero-order valence-corrected chi connectivity index (χ0v) is 41.8. The molecule has 1 fully saturated rings. The molecule has 1 aliphatic rings. The van der Waals surface area contributed by atoms with Gasteiger partial charge in [0.2, 0.25) is 10.9 Å². The van der Waals surface area contributed by atoms with Crippen LogP contribution in [-0.4, -0.2) is 89.8 Å². The Kier molecular flexibility index (Phi) is 14.3. The number of pyridine rings is 2. The highest BCUT2D eigenvalue weighted by atomic mass is 32.2. The molecule has 1 amide bonds. The summed E-state index contributed by atoms with van der Waals surface area (Å²) < 4.78 is 11.4. The molecule has 6 aromatic heterocycles. The number of hydrogen-bond acceptors (Lipinski definition) is 14. The van der Waals surface area contributed by atoms with Gasteiger partial charge < -0.3 is 15.0 Å². The average Bonchev–Trinajstić information content (AvgIpc) is 4.10. The SMILES string of the molecule is CCOC(=O)c1c(=O)c2cc(SCCc3cnccn3)ccc2n2c1sc1ccccc12.CN1CCCC1CCNC(=O)c1c(=O)c2cc(SCCc3cnccn3)ccc2n2c1sc1ccccc12. The molecule has 10 aromatic rings. The Morgan fingerprint density at radius 1 is 0.714 bits per heavy atom. The van der Waals surface area contributed by atoms with E-state index in [-0.39, 0.29) is 34.5 Å². The van der Waals surface area contributed by atoms with E-state index in [4.69, 9.17) is 4.74 Å². The highest BCUT2D eigenvalue weighted by Crippen LogP contribution is 2.35. The third kappa shape index (κ3) is 9.68. The fourth-order valence-electron chi connectivity index (χ4n) is 9.04. The summed E-state index contributed by atoms with van der Waals surface area (Å²) in [6.45, 7) is 3.61. The summed E-state index contributed by atoms with van der Waals surface area (Å²) in [4.78, 5) is 76.1. The van der Waals surface area contributed by atoms with Crippen LogP contribution in [0.3, 0.4) is 0 Å². The Balaban J connectivity index is 0.000000165. The molecule has 1 aliphatic heterocycles. The highest BCUT2D eigenvalue weighted by Gasteiger charge is 2.25. The zero-order chi connectivity index (χ0) is 48.1. The van der Waals surface area contributed by atoms with Crippen molar-refractivity contribution in [1.29, 1.82) is 0 Å². The van der Waals surface area contributed by atoms with Gasteiger partial charge in [0, 0.05) is 94.7 Å². The molecular weight excluding hydrogens is 957 g/mol. The smallest absolute Gasteiger partial charge is 0.345 e. The number of esters is 1. The molecule has 0 bridgehead atoms. The van der Waals surface area contributed by atoms with Crippen molar-refractivity contribution in [1.82, 2.24) is 39.0 Å². The van der Waals surface area contributed by atoms with Crippen LogP contribution in [0.1, 0.15) is 58.3 Å². The number of thioether (sulfide) groups is 2. The van der Waals surface area contributed by atoms with E-state index in [9.17, 15) is 19.2 Å². The van der Waals surface area contributed by atoms with Crippen molar-refractivity contribution < 1.29 is 14.3 Å². The molecule has 1 atom stereocenters. The van der Waals surface area contributed by atoms with E-state index >= 15 is 0 Å². The maximum absolute atomic E-state index is 13.9. The summed E-state index contributed by atoms with van der Waals surface area (Å²) in [5, 5.41) is 4.14. The van der Waals surface area contributed by atoms with E-state index in [0.717, 1.165) is 96.4 Å². The molecule has 0 saturated carbocycles. The van der Waals surface area contributed by atoms with Gasteiger partial charge in [-0.1, -0.05) is 24.3 Å². The Morgan fingerprint density at radius 3 is 1.77 bits per heavy atom. The van der Waals surface area contributed by atoms with E-state index in [0.29, 0.717) is 33.0 Å². The van der Waals surface area contributed by atoms with Gasteiger partial charge in [-0.25, -0.2) is 4.79 Å². The number of carbonyl (C=O) groups is 2. The quantitative estimate of drug-likeness (QED) is 0.0815. The van der Waals surface area contributed by atoms with E-state index in [1.807, 2.05) is 83.3 Å². The van der Waals surface area contributed by atoms with Gasteiger partial charge in [0.15, 0.2) is 0 Å². The van der Waals surface area contributed by atoms with Crippen LogP contribution in [0, 0.1) is 0 Å². The second kappa shape index (κ2) is 21.2. The minimum Gasteiger partial charge on any atom is -0.462 e. The van der Waals surface area contributed by atoms with Gasteiger partial charge in [0.1, 0.15) is 20.8 Å². The van der Waals surface area contributed by atoms with Crippen LogP contribution in [0.15, 0.2) is 141 Å². The van der Waals surface area contributed by atoms with Crippen molar-refractivity contribution in [3.8, 4) is 0 Å². The summed E-state index contributed by atoms with van der Waals surface area (Å²) in [7, 11) is 2.14. The zero-order valence-electron chi connectivity index (χ0n) is 38.5. The lowest BCUT2D eigenvalue weighted by Gasteiger charge is -2.19. The monoisotopic (exact) mass is 1000 g/mol. The van der Waals surface area contributed by atoms with Gasteiger partial charge in [-0.2, -0.15) is 0 Å². The number of carbonyl (C=O) groups excluding carboxylic acids is 2. The number of ether oxygens (including phenoxy) is 1. The first-order valence-corrected chi connectivity index (χ1v) is 26.8. The molecule has 1 saturated heterocycles. The topological polar surface area (TPSA) is 153 Å². The minimum absolute atomic E-state index is 0.0993. The Morgan fingerprint density at radius 2 is 1.26 bits per heavy atom. The molecule has 17 heteroatoms. The predicted octanol–water partition coefficient (Wildman–Crippen LogP) is 9.98. The molecule has 0 radical (unpaired) electrons. The lowest BCUT2D eigenvalue weighted by molar-refractivity contribution is 0.0527. The number of rotatable bonds is 14. The van der Waals surface area contributed by atoms with Crippen LogP contribution in [0.2, 0.25) is 0 Å². The van der Waals surface area contributed by atoms with Crippen LogP contribution in [-0.2, 0) is 17.6 Å². The number of thiazole rings is 2. The van der Waals surface area contributed by atoms with Gasteiger partial charge in [-0.05, 0) is 100 Å². The summed E-state index contributed by atoms with van der Waals surface area (Å²) in [5.74, 6) is 0.754. The molecule has 4 aromatic carbocycles. The first kappa shape index (κ1) is 47.2. The summed E-state index contributed by atoms with van der Waals surface area (Å²) in [6.07, 6.45) is 15.1. The lowest BCUT2D eigenvalue weighted by Crippen LogP contribution is -2.34. The Labute approximate surface area is 419 Å². The fraction of sp³-hybridized carbons (Fsp3) is 0.245. The molecular formula is C53H48N8O5S4. The molecule has 0 spiro atoms. The molecule has 1 unspecified atom stereocenters. The number of fused-ring (bicyclic) bond motifs is 10. The number of nitrogens with one attached hydrogen (secondary N) is 1. The van der Waals surface area contributed by atoms with Crippen molar-refractivity contribution in [3.05, 3.63) is 165 Å². The maximum atomic E-state index is 13.9. The number of benzene rings is 4. The van der Waals surface area contributed by atoms with Crippen LogP contribution >= 0.6 is 46.2 Å². The number of nitrogens with zero attached hydrogens (tertiary/aromatic N) is 7. The minimum atomic E-state index is -0.579. The predicted molar refractivity (Wildman–Crippen MR) is 285 cm³/mol. The maximum Gasteiger partial charge on any atom is 0.345 e. The highest BCUT2D eigenvalue weighted by molar-refractivity contribution is 7.99. The first-order valence-electron chi connectivity index (χ1n) is 23.2. The Hall–Kier alpha value is -6.50. The lowest BCUT2D eigenvalue weighted by atomic mass is 10.1. The van der Waals surface area contributed by atoms with E-state index in [1.165, 1.54) is 29.1 Å². The summed E-state index contributed by atoms with van der Waals surface area (Å²) in [5.41, 5.74) is 5.28. The van der Waals surface area contributed by atoms with Crippen LogP contribution in [0.4, 0.5) is 0 Å². The molecule has 0 aliphatic carbocycles. The Bertz CT molecular complexity index is 3670. The number of amides is 1. The van der Waals surface area contributed by atoms with Gasteiger partial charge in [-0.3, -0.25) is 43.1 Å². The van der Waals surface area contributed by atoms with Crippen LogP contribution in [0.25, 0.3) is 51.9 Å². The summed E-state index contributed by atoms with van der Waals surface area (Å²) in [6, 6.07) is 28.3. The van der Waals surface area contributed by atoms with Gasteiger partial charge in [0.05, 0.1) is 49.5 Å². The number of para-hydroxylation sites is 2. The van der Waals surface area contributed by atoms with Gasteiger partial charge in [0.25, 0.3) is 5.91 Å². The third-order valence-electron chi connectivity index (χ3n) is 12.4. The average molecular weight is 1010 g/mol. The number of hydrogen-bond donors (Lipinski definition) is 1. The van der Waals surface area contributed by atoms with Gasteiger partial charge in [-0.15, -0.1) is 46.2 Å². The fourth-order valence-corrected chi connectivity index (χ4v) is 13.2. The van der Waals surface area contributed by atoms with E-state index in [1.54, 1.807) is 67.6 Å². The second-order valence-corrected chi connectivity index (χ2v) is 21.2. The standard InChI is InChI=1S/C29H29N5O2S2.C24H19N3O3S2/c1-33-15-4-5-20(33)10-12-32-28(36)26-27(35)22-17-21(37-16-11-19-18-30-13-14-31-19)8-9-23(22)34-24-6-2-3-7-25(24)38-29(26)34;1-2-30-24(29)21-22(28)17-13-16(31-12-9-15-14-25-10-11-26-15)7-8-18(17)27-19-5-3-4-6-20(19)32-23(21)27/h2-3,6-9,13-14,17-18,20H,4-5,10-12,15-16H2,1H3,(H,32,36);3-8,10-11,13-14H,2,9,12H2,1H3. The number of likely N-dealkylation sites (tertiary alicyclic amines) is 1. The summed E-state index contributed by atoms with van der Waals surface area (Å²) >= 11 is 6.25. The molecule has 70 heavy (non-hydrogen) atoms. The largest absolute Gasteiger partial charge is 0.462 e. The van der Waals surface area contributed by atoms with Crippen molar-refractivity contribution in [2.75, 3.05) is 38.2 Å². The normalized spacial score (nSPS) is 13.9. The van der Waals surface area contributed by atoms with E-state index in [2.05, 4.69) is 47.7 Å². The van der Waals surface area contributed by atoms with E-state index < -0.39 is 5.97 Å². The van der Waals surface area contributed by atoms with Crippen molar-refractivity contribution >= 4 is 110 Å². The van der Waals surface area contributed by atoms with Crippen molar-refractivity contribution in [2.24, 2.45) is 0 Å². The molecule has 11 rings (SSSR count). The first-order chi connectivity index (χ1) is 34.3. The van der Waals surface area contributed by atoms with Crippen LogP contribution < -0.4 is 16.2 Å². The van der Waals surface area contributed by atoms with Crippen molar-refractivity contribution in [2.45, 2.75) is 54.9 Å². The van der Waals surface area contributed by atoms with Gasteiger partial charge >= 0.3 is 5.97 Å². The molecule has 7 heterocycles. The van der Waals surface area contributed by atoms with Crippen LogP contribution in [0.5, 0.6) is 0 Å². The molecule has 354 valence electrons. The third-order valence-corrected chi connectivity index (χ3v) is 16.7. The second-order valence-electron chi connectivity index (χ2n) is 16.8.